The maximum atomic E-state index is 13.9. The summed E-state index contributed by atoms with van der Waals surface area (Å²) in [5.74, 6) is 0.986. The van der Waals surface area contributed by atoms with Crippen molar-refractivity contribution in [1.82, 2.24) is 15.2 Å². The molecule has 2 aromatic carbocycles. The molecular weight excluding hydrogens is 643 g/mol. The quantitative estimate of drug-likeness (QED) is 0.340. The molecule has 0 aromatic heterocycles. The van der Waals surface area contributed by atoms with E-state index in [0.29, 0.717) is 53.0 Å². The lowest BCUT2D eigenvalue weighted by Crippen LogP contribution is -2.56. The molecule has 5 rings (SSSR count). The average molecular weight is 688 g/mol. The number of rotatable bonds is 8. The summed E-state index contributed by atoms with van der Waals surface area (Å²) in [5.41, 5.74) is 1.76. The van der Waals surface area contributed by atoms with Gasteiger partial charge in [-0.1, -0.05) is 42.1 Å². The van der Waals surface area contributed by atoms with E-state index < -0.39 is 17.7 Å². The molecule has 1 aliphatic carbocycles. The SMILES string of the molecule is COc1ccc(C2=NN(C3CCN(C(=O)[C@@H](Cc4ccc(Cl)cc4Cl)NC(=O)OC(C)(C)C)CC3)C(=O)[C@@H]3CCCC[C@H]23)cc1OC. The highest BCUT2D eigenvalue weighted by atomic mass is 35.5. The summed E-state index contributed by atoms with van der Waals surface area (Å²) in [7, 11) is 3.21. The highest BCUT2D eigenvalue weighted by Crippen LogP contribution is 2.40. The number of likely N-dealkylation sites (tertiary alicyclic amines) is 1. The van der Waals surface area contributed by atoms with Crippen LogP contribution >= 0.6 is 23.2 Å². The van der Waals surface area contributed by atoms with Crippen LogP contribution in [0.5, 0.6) is 11.5 Å². The monoisotopic (exact) mass is 686 g/mol. The maximum Gasteiger partial charge on any atom is 0.408 e. The minimum Gasteiger partial charge on any atom is -0.493 e. The number of hydrogen-bond acceptors (Lipinski definition) is 7. The Bertz CT molecular complexity index is 1520. The van der Waals surface area contributed by atoms with E-state index >= 15 is 0 Å². The Labute approximate surface area is 286 Å². The van der Waals surface area contributed by atoms with Crippen LogP contribution in [0, 0.1) is 11.8 Å². The van der Waals surface area contributed by atoms with Crippen molar-refractivity contribution in [3.63, 3.8) is 0 Å². The van der Waals surface area contributed by atoms with Crippen LogP contribution in [0.2, 0.25) is 10.0 Å². The summed E-state index contributed by atoms with van der Waals surface area (Å²) in [6.07, 6.45) is 4.40. The van der Waals surface area contributed by atoms with Crippen molar-refractivity contribution in [3.05, 3.63) is 57.6 Å². The molecule has 0 radical (unpaired) electrons. The van der Waals surface area contributed by atoms with Crippen molar-refractivity contribution in [3.8, 4) is 11.5 Å². The number of halogens is 2. The number of hydrogen-bond donors (Lipinski definition) is 1. The largest absolute Gasteiger partial charge is 0.493 e. The minimum absolute atomic E-state index is 0.0478. The van der Waals surface area contributed by atoms with Gasteiger partial charge in [-0.05, 0) is 82.3 Å². The number of hydrazone groups is 1. The van der Waals surface area contributed by atoms with Gasteiger partial charge in [-0.3, -0.25) is 9.59 Å². The number of nitrogens with one attached hydrogen (secondary N) is 1. The van der Waals surface area contributed by atoms with Gasteiger partial charge in [0.1, 0.15) is 11.6 Å². The van der Waals surface area contributed by atoms with Crippen LogP contribution in [0.3, 0.4) is 0 Å². The van der Waals surface area contributed by atoms with Crippen molar-refractivity contribution in [2.75, 3.05) is 27.3 Å². The second-order valence-electron chi connectivity index (χ2n) is 13.4. The first-order valence-corrected chi connectivity index (χ1v) is 17.0. The summed E-state index contributed by atoms with van der Waals surface area (Å²) in [4.78, 5) is 42.3. The van der Waals surface area contributed by atoms with Crippen LogP contribution in [0.1, 0.15) is 70.4 Å². The summed E-state index contributed by atoms with van der Waals surface area (Å²) in [5, 5.41) is 10.4. The smallest absolute Gasteiger partial charge is 0.408 e. The van der Waals surface area contributed by atoms with Crippen molar-refractivity contribution < 1.29 is 28.6 Å². The summed E-state index contributed by atoms with van der Waals surface area (Å²) < 4.78 is 16.5. The van der Waals surface area contributed by atoms with Crippen LogP contribution in [0.15, 0.2) is 41.5 Å². The molecule has 0 unspecified atom stereocenters. The molecule has 1 saturated heterocycles. The molecule has 3 atom stereocenters. The molecule has 3 aliphatic rings. The average Bonchev–Trinajstić information content (AvgIpc) is 3.04. The zero-order chi connectivity index (χ0) is 33.9. The van der Waals surface area contributed by atoms with Crippen LogP contribution < -0.4 is 14.8 Å². The van der Waals surface area contributed by atoms with Crippen LogP contribution in [-0.2, 0) is 20.7 Å². The summed E-state index contributed by atoms with van der Waals surface area (Å²) >= 11 is 12.5. The van der Waals surface area contributed by atoms with E-state index in [-0.39, 0.29) is 36.1 Å². The minimum atomic E-state index is -0.908. The molecule has 0 bridgehead atoms. The van der Waals surface area contributed by atoms with Gasteiger partial charge in [0, 0.05) is 47.0 Å². The summed E-state index contributed by atoms with van der Waals surface area (Å²) in [6.45, 7) is 6.11. The third-order valence-corrected chi connectivity index (χ3v) is 9.69. The Hall–Kier alpha value is -3.50. The molecule has 0 spiro atoms. The number of carbonyl (C=O) groups is 3. The Kier molecular flexibility index (Phi) is 10.9. The van der Waals surface area contributed by atoms with Gasteiger partial charge in [0.2, 0.25) is 11.8 Å². The van der Waals surface area contributed by atoms with Gasteiger partial charge in [-0.25, -0.2) is 9.80 Å². The van der Waals surface area contributed by atoms with Crippen molar-refractivity contribution >= 4 is 46.8 Å². The molecule has 2 fully saturated rings. The number of piperidine rings is 1. The van der Waals surface area contributed by atoms with E-state index in [0.717, 1.165) is 37.0 Å². The summed E-state index contributed by atoms with van der Waals surface area (Å²) in [6, 6.07) is 9.78. The Balaban J connectivity index is 1.34. The number of nitrogens with zero attached hydrogens (tertiary/aromatic N) is 3. The number of methoxy groups -OCH3 is 2. The van der Waals surface area contributed by atoms with E-state index in [2.05, 4.69) is 5.32 Å². The number of carbonyl (C=O) groups excluding carboxylic acids is 3. The number of fused-ring (bicyclic) bond motifs is 1. The lowest BCUT2D eigenvalue weighted by molar-refractivity contribution is -0.143. The van der Waals surface area contributed by atoms with Gasteiger partial charge in [0.05, 0.1) is 26.0 Å². The lowest BCUT2D eigenvalue weighted by Gasteiger charge is -2.43. The van der Waals surface area contributed by atoms with E-state index in [9.17, 15) is 14.4 Å². The number of alkyl carbamates (subject to hydrolysis) is 1. The molecular formula is C35H44Cl2N4O6. The Morgan fingerprint density at radius 2 is 1.64 bits per heavy atom. The van der Waals surface area contributed by atoms with E-state index in [1.165, 1.54) is 0 Å². The number of ether oxygens (including phenoxy) is 3. The van der Waals surface area contributed by atoms with E-state index in [4.69, 9.17) is 42.5 Å². The number of benzene rings is 2. The highest BCUT2D eigenvalue weighted by Gasteiger charge is 2.44. The highest BCUT2D eigenvalue weighted by molar-refractivity contribution is 6.35. The zero-order valence-electron chi connectivity index (χ0n) is 27.7. The van der Waals surface area contributed by atoms with Crippen molar-refractivity contribution in [1.29, 1.82) is 0 Å². The van der Waals surface area contributed by atoms with Crippen LogP contribution in [0.4, 0.5) is 4.79 Å². The van der Waals surface area contributed by atoms with Crippen molar-refractivity contribution in [2.45, 2.75) is 83.4 Å². The molecule has 2 heterocycles. The molecule has 2 aliphatic heterocycles. The van der Waals surface area contributed by atoms with Crippen molar-refractivity contribution in [2.24, 2.45) is 16.9 Å². The zero-order valence-corrected chi connectivity index (χ0v) is 29.2. The van der Waals surface area contributed by atoms with Crippen LogP contribution in [0.25, 0.3) is 0 Å². The van der Waals surface area contributed by atoms with Gasteiger partial charge in [-0.15, -0.1) is 0 Å². The van der Waals surface area contributed by atoms with Gasteiger partial charge < -0.3 is 24.4 Å². The third kappa shape index (κ3) is 8.15. The normalized spacial score (nSPS) is 21.0. The van der Waals surface area contributed by atoms with Crippen LogP contribution in [-0.4, -0.2) is 78.5 Å². The second-order valence-corrected chi connectivity index (χ2v) is 14.3. The first-order chi connectivity index (χ1) is 22.4. The first kappa shape index (κ1) is 34.8. The molecule has 1 N–H and O–H groups in total. The standard InChI is InChI=1S/C35H44Cl2N4O6/c1-35(2,3)47-34(44)38-28(18-21-10-12-23(36)20-27(21)37)33(43)40-16-14-24(15-17-40)41-32(42)26-9-7-6-8-25(26)31(39-41)22-11-13-29(45-4)30(19-22)46-5/h10-13,19-20,24-26,28H,6-9,14-18H2,1-5H3,(H,38,44)/t25-,26+,28+/m0/s1. The topological polar surface area (TPSA) is 110 Å². The molecule has 10 nitrogen and oxygen atoms in total. The molecule has 1 saturated carbocycles. The van der Waals surface area contributed by atoms with Gasteiger partial charge >= 0.3 is 6.09 Å². The fourth-order valence-corrected chi connectivity index (χ4v) is 7.29. The Morgan fingerprint density at radius 1 is 0.957 bits per heavy atom. The second kappa shape index (κ2) is 14.7. The third-order valence-electron chi connectivity index (χ3n) is 9.11. The molecule has 254 valence electrons. The van der Waals surface area contributed by atoms with E-state index in [1.54, 1.807) is 63.1 Å². The van der Waals surface area contributed by atoms with Gasteiger partial charge in [0.25, 0.3) is 0 Å². The fraction of sp³-hybridized carbons (Fsp3) is 0.543. The lowest BCUT2D eigenvalue weighted by atomic mass is 9.73. The molecule has 2 aromatic rings. The fourth-order valence-electron chi connectivity index (χ4n) is 6.80. The first-order valence-electron chi connectivity index (χ1n) is 16.2. The predicted molar refractivity (Wildman–Crippen MR) is 181 cm³/mol. The molecule has 47 heavy (non-hydrogen) atoms. The number of amides is 3. The van der Waals surface area contributed by atoms with E-state index in [1.807, 2.05) is 18.2 Å². The van der Waals surface area contributed by atoms with Gasteiger partial charge in [-0.2, -0.15) is 5.10 Å². The Morgan fingerprint density at radius 3 is 2.28 bits per heavy atom. The molecule has 3 amide bonds. The maximum absolute atomic E-state index is 13.9. The predicted octanol–water partition coefficient (Wildman–Crippen LogP) is 6.49. The van der Waals surface area contributed by atoms with Gasteiger partial charge in [0.15, 0.2) is 11.5 Å². The molecule has 12 heteroatoms.